The van der Waals surface area contributed by atoms with E-state index in [0.29, 0.717) is 11.8 Å². The number of carbonyl (C=O) groups is 1. The van der Waals surface area contributed by atoms with Crippen LogP contribution in [0.1, 0.15) is 63.4 Å². The first-order valence-corrected chi connectivity index (χ1v) is 11.1. The summed E-state index contributed by atoms with van der Waals surface area (Å²) in [4.78, 5) is 12.2. The van der Waals surface area contributed by atoms with Gasteiger partial charge in [0.15, 0.2) is 17.1 Å². The molecule has 1 atom stereocenters. The Morgan fingerprint density at radius 1 is 1.25 bits per heavy atom. The third-order valence-corrected chi connectivity index (χ3v) is 6.20. The molecule has 1 aliphatic carbocycles. The second-order valence-corrected chi connectivity index (χ2v) is 8.29. The Morgan fingerprint density at radius 3 is 2.64 bits per heavy atom. The number of amides is 1. The number of hydrogen-bond donors (Lipinski definition) is 1. The summed E-state index contributed by atoms with van der Waals surface area (Å²) in [6, 6.07) is 8.45. The summed E-state index contributed by atoms with van der Waals surface area (Å²) in [6.45, 7) is 4.09. The zero-order valence-electron chi connectivity index (χ0n) is 17.0. The molecule has 7 heteroatoms. The molecule has 6 nitrogen and oxygen atoms in total. The van der Waals surface area contributed by atoms with Crippen molar-refractivity contribution in [3.63, 3.8) is 0 Å². The number of carbonyl (C=O) groups excluding carboxylic acids is 1. The Morgan fingerprint density at radius 2 is 1.96 bits per heavy atom. The van der Waals surface area contributed by atoms with Gasteiger partial charge in [-0.05, 0) is 43.9 Å². The zero-order valence-corrected chi connectivity index (χ0v) is 17.8. The van der Waals surface area contributed by atoms with E-state index in [1.165, 1.54) is 36.6 Å². The normalized spacial score (nSPS) is 16.0. The summed E-state index contributed by atoms with van der Waals surface area (Å²) < 4.78 is 7.91. The minimum absolute atomic E-state index is 0.0711. The Hall–Kier alpha value is -2.02. The van der Waals surface area contributed by atoms with Crippen LogP contribution >= 0.6 is 11.8 Å². The molecule has 1 fully saturated rings. The molecule has 1 aromatic carbocycles. The molecule has 3 rings (SSSR count). The quantitative estimate of drug-likeness (QED) is 0.675. The summed E-state index contributed by atoms with van der Waals surface area (Å²) in [5.41, 5.74) is 1.28. The molecule has 0 saturated heterocycles. The topological polar surface area (TPSA) is 69.0 Å². The predicted octanol–water partition coefficient (Wildman–Crippen LogP) is 4.06. The van der Waals surface area contributed by atoms with Crippen molar-refractivity contribution in [2.45, 2.75) is 69.7 Å². The fourth-order valence-corrected chi connectivity index (χ4v) is 4.24. The number of aromatic nitrogens is 3. The van der Waals surface area contributed by atoms with Gasteiger partial charge in [-0.3, -0.25) is 4.79 Å². The van der Waals surface area contributed by atoms with E-state index in [1.807, 2.05) is 30.7 Å². The van der Waals surface area contributed by atoms with Gasteiger partial charge in [0, 0.05) is 13.1 Å². The van der Waals surface area contributed by atoms with Gasteiger partial charge in [0.25, 0.3) is 0 Å². The van der Waals surface area contributed by atoms with Gasteiger partial charge < -0.3 is 14.6 Å². The highest BCUT2D eigenvalue weighted by Crippen LogP contribution is 2.24. The van der Waals surface area contributed by atoms with E-state index >= 15 is 0 Å². The molecule has 0 radical (unpaired) electrons. The lowest BCUT2D eigenvalue weighted by Gasteiger charge is -2.22. The van der Waals surface area contributed by atoms with E-state index in [4.69, 9.17) is 4.74 Å². The third kappa shape index (κ3) is 5.50. The van der Waals surface area contributed by atoms with E-state index in [0.717, 1.165) is 36.0 Å². The maximum absolute atomic E-state index is 12.2. The molecule has 1 amide bonds. The maximum Gasteiger partial charge on any atom is 0.230 e. The average Bonchev–Trinajstić information content (AvgIpc) is 3.08. The molecule has 1 N–H and O–H groups in total. The van der Waals surface area contributed by atoms with Gasteiger partial charge in [0.05, 0.1) is 5.75 Å². The van der Waals surface area contributed by atoms with Crippen molar-refractivity contribution in [1.29, 1.82) is 0 Å². The fraction of sp³-hybridized carbons (Fsp3) is 0.571. The first kappa shape index (κ1) is 20.7. The Balaban J connectivity index is 1.52. The van der Waals surface area contributed by atoms with Crippen LogP contribution in [0.4, 0.5) is 0 Å². The number of nitrogens with one attached hydrogen (secondary N) is 1. The summed E-state index contributed by atoms with van der Waals surface area (Å²) in [6.07, 6.45) is 6.68. The molecular formula is C21H30N4O2S. The molecule has 0 aliphatic heterocycles. The van der Waals surface area contributed by atoms with Crippen LogP contribution in [0.5, 0.6) is 5.75 Å². The van der Waals surface area contributed by atoms with Crippen molar-refractivity contribution >= 4 is 17.7 Å². The molecule has 2 aromatic rings. The highest BCUT2D eigenvalue weighted by molar-refractivity contribution is 7.99. The zero-order chi connectivity index (χ0) is 19.9. The number of nitrogens with zero attached hydrogens (tertiary/aromatic N) is 3. The average molecular weight is 403 g/mol. The SMILES string of the molecule is CCc1ccc(O[C@H](C)c2nnc(SCC(=O)NC3CCCCC3)n2C)cc1. The van der Waals surface area contributed by atoms with E-state index in [-0.39, 0.29) is 12.0 Å². The molecule has 0 unspecified atom stereocenters. The van der Waals surface area contributed by atoms with Gasteiger partial charge in [-0.2, -0.15) is 0 Å². The lowest BCUT2D eigenvalue weighted by molar-refractivity contribution is -0.119. The van der Waals surface area contributed by atoms with Gasteiger partial charge in [-0.1, -0.05) is 50.1 Å². The number of hydrogen-bond acceptors (Lipinski definition) is 5. The van der Waals surface area contributed by atoms with Gasteiger partial charge >= 0.3 is 0 Å². The minimum atomic E-state index is -0.226. The number of rotatable bonds is 8. The van der Waals surface area contributed by atoms with Crippen LogP contribution in [0.25, 0.3) is 0 Å². The molecule has 0 spiro atoms. The van der Waals surface area contributed by atoms with Crippen molar-refractivity contribution < 1.29 is 9.53 Å². The predicted molar refractivity (Wildman–Crippen MR) is 112 cm³/mol. The lowest BCUT2D eigenvalue weighted by Crippen LogP contribution is -2.37. The van der Waals surface area contributed by atoms with Crippen LogP contribution in [0.2, 0.25) is 0 Å². The van der Waals surface area contributed by atoms with Gasteiger partial charge in [-0.25, -0.2) is 0 Å². The first-order chi connectivity index (χ1) is 13.6. The smallest absolute Gasteiger partial charge is 0.230 e. The van der Waals surface area contributed by atoms with E-state index in [2.05, 4.69) is 34.6 Å². The van der Waals surface area contributed by atoms with E-state index in [1.54, 1.807) is 0 Å². The molecule has 1 aromatic heterocycles. The molecule has 1 aliphatic rings. The van der Waals surface area contributed by atoms with Gasteiger partial charge in [0.1, 0.15) is 5.75 Å². The van der Waals surface area contributed by atoms with Crippen molar-refractivity contribution in [3.05, 3.63) is 35.7 Å². The largest absolute Gasteiger partial charge is 0.483 e. The Bertz CT molecular complexity index is 769. The number of aryl methyl sites for hydroxylation is 1. The Kier molecular flexibility index (Phi) is 7.36. The van der Waals surface area contributed by atoms with Crippen molar-refractivity contribution in [1.82, 2.24) is 20.1 Å². The second-order valence-electron chi connectivity index (χ2n) is 7.35. The fourth-order valence-electron chi connectivity index (χ4n) is 3.51. The maximum atomic E-state index is 12.2. The number of ether oxygens (including phenoxy) is 1. The highest BCUT2D eigenvalue weighted by Gasteiger charge is 2.19. The van der Waals surface area contributed by atoms with Crippen LogP contribution in [0, 0.1) is 0 Å². The Labute approximate surface area is 171 Å². The number of thioether (sulfide) groups is 1. The van der Waals surface area contributed by atoms with Crippen LogP contribution in [-0.4, -0.2) is 32.5 Å². The van der Waals surface area contributed by atoms with E-state index in [9.17, 15) is 4.79 Å². The lowest BCUT2D eigenvalue weighted by atomic mass is 9.95. The monoisotopic (exact) mass is 402 g/mol. The van der Waals surface area contributed by atoms with Gasteiger partial charge in [-0.15, -0.1) is 10.2 Å². The summed E-state index contributed by atoms with van der Waals surface area (Å²) in [5, 5.41) is 12.4. The second kappa shape index (κ2) is 9.96. The summed E-state index contributed by atoms with van der Waals surface area (Å²) in [7, 11) is 1.91. The van der Waals surface area contributed by atoms with Crippen LogP contribution < -0.4 is 10.1 Å². The van der Waals surface area contributed by atoms with Crippen molar-refractivity contribution in [2.24, 2.45) is 7.05 Å². The summed E-state index contributed by atoms with van der Waals surface area (Å²) in [5.74, 6) is 1.99. The standard InChI is InChI=1S/C21H30N4O2S/c1-4-16-10-12-18(13-11-16)27-15(2)20-23-24-21(25(20)3)28-14-19(26)22-17-8-6-5-7-9-17/h10-13,15,17H,4-9,14H2,1-3H3,(H,22,26)/t15-/m1/s1. The first-order valence-electron chi connectivity index (χ1n) is 10.1. The number of benzene rings is 1. The van der Waals surface area contributed by atoms with E-state index < -0.39 is 0 Å². The van der Waals surface area contributed by atoms with Crippen LogP contribution in [-0.2, 0) is 18.3 Å². The third-order valence-electron chi connectivity index (χ3n) is 5.18. The van der Waals surface area contributed by atoms with Crippen LogP contribution in [0.15, 0.2) is 29.4 Å². The summed E-state index contributed by atoms with van der Waals surface area (Å²) >= 11 is 1.41. The minimum Gasteiger partial charge on any atom is -0.483 e. The molecule has 1 saturated carbocycles. The van der Waals surface area contributed by atoms with Gasteiger partial charge in [0.2, 0.25) is 5.91 Å². The van der Waals surface area contributed by atoms with Crippen molar-refractivity contribution in [2.75, 3.05) is 5.75 Å². The molecular weight excluding hydrogens is 372 g/mol. The molecule has 28 heavy (non-hydrogen) atoms. The van der Waals surface area contributed by atoms with Crippen LogP contribution in [0.3, 0.4) is 0 Å². The molecule has 0 bridgehead atoms. The molecule has 1 heterocycles. The molecule has 152 valence electrons. The van der Waals surface area contributed by atoms with Crippen molar-refractivity contribution in [3.8, 4) is 5.75 Å². The highest BCUT2D eigenvalue weighted by atomic mass is 32.2.